The van der Waals surface area contributed by atoms with Gasteiger partial charge >= 0.3 is 20.2 Å². The molecule has 3 unspecified atom stereocenters. The van der Waals surface area contributed by atoms with Crippen LogP contribution in [0.5, 0.6) is 5.75 Å². The van der Waals surface area contributed by atoms with Gasteiger partial charge in [-0.05, 0) is 30.9 Å². The molecule has 1 fully saturated rings. The fraction of sp³-hybridized carbons (Fsp3) is 0.476. The van der Waals surface area contributed by atoms with Crippen LogP contribution in [0.25, 0.3) is 0 Å². The Hall–Kier alpha value is -2.52. The number of carbonyl (C=O) groups is 1. The van der Waals surface area contributed by atoms with Crippen LogP contribution in [-0.4, -0.2) is 41.4 Å². The molecule has 2 heterocycles. The normalized spacial score (nSPS) is 20.1. The van der Waals surface area contributed by atoms with Gasteiger partial charge in [-0.25, -0.2) is 9.88 Å². The molecule has 2 N–H and O–H groups in total. The van der Waals surface area contributed by atoms with E-state index in [4.69, 9.17) is 18.5 Å². The molecule has 0 radical (unpaired) electrons. The minimum Gasteiger partial charge on any atom is -0.468 e. The highest BCUT2D eigenvalue weighted by Gasteiger charge is 2.32. The number of ether oxygens (including phenoxy) is 2. The number of nitrogens with zero attached hydrogens (tertiary/aromatic N) is 1. The second-order valence-corrected chi connectivity index (χ2v) is 8.85. The zero-order valence-electron chi connectivity index (χ0n) is 18.2. The Bertz CT molecular complexity index is 995. The summed E-state index contributed by atoms with van der Waals surface area (Å²) in [5.74, 6) is 0.153. The Morgan fingerprint density at radius 3 is 2.66 bits per heavy atom. The number of hydrogen-bond donors (Lipinski definition) is 2. The van der Waals surface area contributed by atoms with Gasteiger partial charge in [0.05, 0.1) is 19.8 Å². The molecule has 1 aliphatic heterocycles. The Morgan fingerprint density at radius 1 is 1.25 bits per heavy atom. The maximum Gasteiger partial charge on any atom is 0.330 e. The summed E-state index contributed by atoms with van der Waals surface area (Å²) in [7, 11) is -0.350. The Labute approximate surface area is 186 Å². The van der Waals surface area contributed by atoms with Gasteiger partial charge in [-0.1, -0.05) is 32.0 Å². The zero-order chi connectivity index (χ0) is 23.1. The summed E-state index contributed by atoms with van der Waals surface area (Å²) < 4.78 is 24.2. The van der Waals surface area contributed by atoms with Crippen molar-refractivity contribution >= 4 is 14.5 Å². The summed E-state index contributed by atoms with van der Waals surface area (Å²) in [4.78, 5) is 37.7. The molecule has 11 heteroatoms. The molecule has 1 aliphatic rings. The van der Waals surface area contributed by atoms with Crippen molar-refractivity contribution in [3.8, 4) is 5.75 Å². The number of esters is 1. The highest BCUT2D eigenvalue weighted by atomic mass is 31.2. The van der Waals surface area contributed by atoms with E-state index in [9.17, 15) is 14.4 Å². The van der Waals surface area contributed by atoms with Crippen molar-refractivity contribution in [2.45, 2.75) is 45.1 Å². The van der Waals surface area contributed by atoms with Crippen molar-refractivity contribution in [2.75, 3.05) is 13.7 Å². The molecule has 0 saturated carbocycles. The quantitative estimate of drug-likeness (QED) is 0.405. The minimum atomic E-state index is -1.69. The molecule has 10 nitrogen and oxygen atoms in total. The molecule has 3 rings (SSSR count). The topological polar surface area (TPSA) is 121 Å². The van der Waals surface area contributed by atoms with E-state index in [0.29, 0.717) is 18.6 Å². The fourth-order valence-corrected chi connectivity index (χ4v) is 4.63. The minimum absolute atomic E-state index is 0.0466. The van der Waals surface area contributed by atoms with Crippen molar-refractivity contribution in [2.24, 2.45) is 5.92 Å². The van der Waals surface area contributed by atoms with Gasteiger partial charge in [0.15, 0.2) is 0 Å². The van der Waals surface area contributed by atoms with E-state index in [1.54, 1.807) is 12.1 Å². The fourth-order valence-electron chi connectivity index (χ4n) is 3.20. The summed E-state index contributed by atoms with van der Waals surface area (Å²) in [6, 6.07) is 9.84. The second-order valence-electron chi connectivity index (χ2n) is 7.64. The van der Waals surface area contributed by atoms with Crippen LogP contribution in [-0.2, 0) is 18.8 Å². The molecule has 0 bridgehead atoms. The van der Waals surface area contributed by atoms with Gasteiger partial charge in [0.2, 0.25) is 0 Å². The van der Waals surface area contributed by atoms with E-state index < -0.39 is 38.0 Å². The zero-order valence-corrected chi connectivity index (χ0v) is 19.1. The van der Waals surface area contributed by atoms with Crippen LogP contribution < -0.4 is 20.9 Å². The number of aromatic amines is 1. The van der Waals surface area contributed by atoms with E-state index >= 15 is 0 Å². The molecule has 1 aromatic carbocycles. The van der Waals surface area contributed by atoms with Gasteiger partial charge < -0.3 is 18.5 Å². The van der Waals surface area contributed by atoms with E-state index in [1.807, 2.05) is 32.0 Å². The number of hydrogen-bond acceptors (Lipinski definition) is 8. The summed E-state index contributed by atoms with van der Waals surface area (Å²) in [5, 5.41) is 3.13. The lowest BCUT2D eigenvalue weighted by atomic mass is 10.1. The van der Waals surface area contributed by atoms with Crippen LogP contribution in [0.3, 0.4) is 0 Å². The highest BCUT2D eigenvalue weighted by Crippen LogP contribution is 2.38. The van der Waals surface area contributed by atoms with Crippen molar-refractivity contribution < 1.29 is 23.3 Å². The van der Waals surface area contributed by atoms with Gasteiger partial charge in [0.25, 0.3) is 5.56 Å². The lowest BCUT2D eigenvalue weighted by Gasteiger charge is -2.26. The molecule has 0 spiro atoms. The predicted octanol–water partition coefficient (Wildman–Crippen LogP) is 2.32. The first-order chi connectivity index (χ1) is 15.4. The summed E-state index contributed by atoms with van der Waals surface area (Å²) >= 11 is 0. The van der Waals surface area contributed by atoms with Crippen molar-refractivity contribution in [1.82, 2.24) is 14.6 Å². The maximum absolute atomic E-state index is 12.2. The molecule has 174 valence electrons. The van der Waals surface area contributed by atoms with Gasteiger partial charge in [0, 0.05) is 12.3 Å². The first-order valence-electron chi connectivity index (χ1n) is 10.3. The number of H-pyrrole nitrogens is 1. The van der Waals surface area contributed by atoms with Gasteiger partial charge in [-0.2, -0.15) is 0 Å². The molecule has 0 aliphatic carbocycles. The number of para-hydroxylation sites is 1. The number of benzene rings is 1. The molecule has 0 amide bonds. The second kappa shape index (κ2) is 11.4. The molecular formula is C21H28N3O7P. The molecule has 32 heavy (non-hydrogen) atoms. The number of carbonyl (C=O) groups excluding carboxylic acids is 1. The van der Waals surface area contributed by atoms with Crippen LogP contribution >= 0.6 is 8.53 Å². The SMILES string of the molecule is COC(=O)C(NP(OC[C@@H]1CCC(n2ccc(=O)[nH]c2=O)O1)Oc1ccccc1)C(C)C. The number of rotatable bonds is 10. The number of nitrogens with one attached hydrogen (secondary N) is 2. The van der Waals surface area contributed by atoms with Gasteiger partial charge in [0.1, 0.15) is 18.0 Å². The van der Waals surface area contributed by atoms with E-state index in [2.05, 4.69) is 10.1 Å². The van der Waals surface area contributed by atoms with E-state index in [1.165, 1.54) is 23.9 Å². The Morgan fingerprint density at radius 2 is 2.00 bits per heavy atom. The third-order valence-electron chi connectivity index (χ3n) is 4.92. The van der Waals surface area contributed by atoms with Crippen molar-refractivity contribution in [1.29, 1.82) is 0 Å². The molecule has 4 atom stereocenters. The average molecular weight is 465 g/mol. The largest absolute Gasteiger partial charge is 0.468 e. The molecule has 1 saturated heterocycles. The van der Waals surface area contributed by atoms with Crippen molar-refractivity contribution in [3.05, 3.63) is 63.4 Å². The lowest BCUT2D eigenvalue weighted by Crippen LogP contribution is -2.40. The first-order valence-corrected chi connectivity index (χ1v) is 11.5. The van der Waals surface area contributed by atoms with Gasteiger partial charge in [-0.15, -0.1) is 0 Å². The predicted molar refractivity (Wildman–Crippen MR) is 118 cm³/mol. The van der Waals surface area contributed by atoms with Gasteiger partial charge in [-0.3, -0.25) is 19.1 Å². The summed E-state index contributed by atoms with van der Waals surface area (Å²) in [6.45, 7) is 4.00. The summed E-state index contributed by atoms with van der Waals surface area (Å²) in [5.41, 5.74) is -0.970. The Balaban J connectivity index is 1.64. The van der Waals surface area contributed by atoms with Crippen LogP contribution in [0.4, 0.5) is 0 Å². The van der Waals surface area contributed by atoms with Crippen LogP contribution in [0.2, 0.25) is 0 Å². The molecule has 2 aromatic rings. The highest BCUT2D eigenvalue weighted by molar-refractivity contribution is 7.45. The van der Waals surface area contributed by atoms with Crippen LogP contribution in [0.1, 0.15) is 32.9 Å². The average Bonchev–Trinajstić information content (AvgIpc) is 3.24. The standard InChI is InChI=1S/C21H28N3O7P/c1-14(2)19(20(26)28-3)23-32(31-15-7-5-4-6-8-15)29-13-16-9-10-18(30-16)24-12-11-17(25)22-21(24)27/h4-8,11-12,14,16,18-19,23H,9-10,13H2,1-3H3,(H,22,25,27)/t16-,18?,19?,32?/m0/s1. The smallest absolute Gasteiger partial charge is 0.330 e. The maximum atomic E-state index is 12.2. The number of aromatic nitrogens is 2. The molecule has 1 aromatic heterocycles. The first kappa shape index (κ1) is 24.1. The van der Waals surface area contributed by atoms with Crippen LogP contribution in [0.15, 0.2) is 52.2 Å². The molecular weight excluding hydrogens is 437 g/mol. The van der Waals surface area contributed by atoms with Crippen molar-refractivity contribution in [3.63, 3.8) is 0 Å². The van der Waals surface area contributed by atoms with E-state index in [-0.39, 0.29) is 18.6 Å². The number of methoxy groups -OCH3 is 1. The lowest BCUT2D eigenvalue weighted by molar-refractivity contribution is -0.143. The third kappa shape index (κ3) is 6.49. The Kier molecular flexibility index (Phi) is 8.58. The van der Waals surface area contributed by atoms with E-state index in [0.717, 1.165) is 0 Å². The van der Waals surface area contributed by atoms with Crippen LogP contribution in [0, 0.1) is 5.92 Å². The summed E-state index contributed by atoms with van der Waals surface area (Å²) in [6.07, 6.45) is 1.92. The third-order valence-corrected chi connectivity index (χ3v) is 6.17. The monoisotopic (exact) mass is 465 g/mol.